The predicted octanol–water partition coefficient (Wildman–Crippen LogP) is 1.67. The molecule has 0 aromatic heterocycles. The van der Waals surface area contributed by atoms with Crippen molar-refractivity contribution in [1.29, 1.82) is 0 Å². The van der Waals surface area contributed by atoms with Crippen LogP contribution in [0.25, 0.3) is 0 Å². The first kappa shape index (κ1) is 8.42. The molecule has 1 fully saturated rings. The lowest BCUT2D eigenvalue weighted by molar-refractivity contribution is -0.123. The molecular weight excluding hydrogens is 164 g/mol. The Kier molecular flexibility index (Phi) is 2.13. The van der Waals surface area contributed by atoms with E-state index in [1.165, 1.54) is 0 Å². The summed E-state index contributed by atoms with van der Waals surface area (Å²) in [6, 6.07) is 0. The minimum Gasteiger partial charge on any atom is -0.299 e. The predicted molar refractivity (Wildman–Crippen MR) is 49.1 cm³/mol. The lowest BCUT2D eigenvalue weighted by Crippen LogP contribution is -2.13. The maximum absolute atomic E-state index is 11.5. The van der Waals surface area contributed by atoms with Crippen LogP contribution in [0, 0.1) is 11.8 Å². The number of Topliss-reactive ketones (excluding diaryl/α,β-unsaturated/α-hetero) is 2. The zero-order chi connectivity index (χ0) is 9.26. The van der Waals surface area contributed by atoms with Gasteiger partial charge in [0.15, 0.2) is 0 Å². The maximum Gasteiger partial charge on any atom is 0.140 e. The lowest BCUT2D eigenvalue weighted by atomic mass is 9.93. The van der Waals surface area contributed by atoms with Crippen molar-refractivity contribution in [2.45, 2.75) is 19.3 Å². The number of allylic oxidation sites excluding steroid dienone is 4. The third kappa shape index (κ3) is 1.62. The van der Waals surface area contributed by atoms with Gasteiger partial charge in [-0.15, -0.1) is 0 Å². The zero-order valence-corrected chi connectivity index (χ0v) is 7.40. The first-order valence-corrected chi connectivity index (χ1v) is 4.68. The van der Waals surface area contributed by atoms with Crippen LogP contribution in [0.15, 0.2) is 24.3 Å². The van der Waals surface area contributed by atoms with Gasteiger partial charge in [0.25, 0.3) is 0 Å². The van der Waals surface area contributed by atoms with Crippen LogP contribution in [0.4, 0.5) is 0 Å². The van der Waals surface area contributed by atoms with E-state index < -0.39 is 0 Å². The van der Waals surface area contributed by atoms with Gasteiger partial charge in [0.05, 0.1) is 0 Å². The van der Waals surface area contributed by atoms with Gasteiger partial charge in [0.2, 0.25) is 0 Å². The molecule has 68 valence electrons. The Balaban J connectivity index is 2.29. The van der Waals surface area contributed by atoms with Gasteiger partial charge in [-0.2, -0.15) is 0 Å². The molecule has 0 heterocycles. The molecule has 0 aliphatic heterocycles. The van der Waals surface area contributed by atoms with Crippen LogP contribution in [-0.4, -0.2) is 11.6 Å². The van der Waals surface area contributed by atoms with Crippen LogP contribution in [-0.2, 0) is 9.59 Å². The summed E-state index contributed by atoms with van der Waals surface area (Å²) in [4.78, 5) is 23.0. The average Bonchev–Trinajstić information content (AvgIpc) is 2.43. The molecule has 2 nitrogen and oxygen atoms in total. The van der Waals surface area contributed by atoms with E-state index in [2.05, 4.69) is 0 Å². The molecule has 2 unspecified atom stereocenters. The van der Waals surface area contributed by atoms with E-state index in [0.717, 1.165) is 0 Å². The Morgan fingerprint density at radius 3 is 1.85 bits per heavy atom. The molecule has 2 rings (SSSR count). The van der Waals surface area contributed by atoms with Crippen LogP contribution >= 0.6 is 0 Å². The standard InChI is InChI=1S/C11H12O2/c12-10-5-6-11(13)9-4-2-1-3-8(10)7-9/h1-4,8-9H,5-7H2. The molecule has 2 heteroatoms. The molecule has 1 saturated carbocycles. The molecule has 13 heavy (non-hydrogen) atoms. The number of carbonyl (C=O) groups excluding carboxylic acids is 2. The molecular formula is C11H12O2. The van der Waals surface area contributed by atoms with Gasteiger partial charge in [-0.3, -0.25) is 9.59 Å². The molecule has 0 radical (unpaired) electrons. The molecule has 2 bridgehead atoms. The molecule has 0 saturated heterocycles. The van der Waals surface area contributed by atoms with Crippen LogP contribution < -0.4 is 0 Å². The van der Waals surface area contributed by atoms with Crippen molar-refractivity contribution in [3.63, 3.8) is 0 Å². The SMILES string of the molecule is O=C1CCC(=O)C2C=CC=CC1C2. The smallest absolute Gasteiger partial charge is 0.140 e. The Morgan fingerprint density at radius 2 is 1.38 bits per heavy atom. The Labute approximate surface area is 77.3 Å². The summed E-state index contributed by atoms with van der Waals surface area (Å²) in [6.45, 7) is 0. The van der Waals surface area contributed by atoms with Crippen LogP contribution in [0.1, 0.15) is 19.3 Å². The van der Waals surface area contributed by atoms with Crippen LogP contribution in [0.5, 0.6) is 0 Å². The second-order valence-corrected chi connectivity index (χ2v) is 3.65. The Hall–Kier alpha value is -1.18. The summed E-state index contributed by atoms with van der Waals surface area (Å²) in [5.41, 5.74) is 0. The number of hydrogen-bond donors (Lipinski definition) is 0. The van der Waals surface area contributed by atoms with Gasteiger partial charge >= 0.3 is 0 Å². The molecule has 0 aromatic carbocycles. The van der Waals surface area contributed by atoms with Crippen LogP contribution in [0.2, 0.25) is 0 Å². The summed E-state index contributed by atoms with van der Waals surface area (Å²) in [6.07, 6.45) is 9.12. The highest BCUT2D eigenvalue weighted by Crippen LogP contribution is 2.26. The van der Waals surface area contributed by atoms with E-state index in [1.807, 2.05) is 24.3 Å². The van der Waals surface area contributed by atoms with E-state index in [0.29, 0.717) is 19.3 Å². The van der Waals surface area contributed by atoms with Crippen molar-refractivity contribution < 1.29 is 9.59 Å². The topological polar surface area (TPSA) is 34.1 Å². The monoisotopic (exact) mass is 176 g/mol. The molecule has 2 aliphatic carbocycles. The van der Waals surface area contributed by atoms with Gasteiger partial charge in [0.1, 0.15) is 11.6 Å². The molecule has 0 spiro atoms. The number of rotatable bonds is 0. The minimum absolute atomic E-state index is 0.0218. The van der Waals surface area contributed by atoms with E-state index in [-0.39, 0.29) is 23.4 Å². The molecule has 2 aliphatic rings. The van der Waals surface area contributed by atoms with Crippen LogP contribution in [0.3, 0.4) is 0 Å². The number of carbonyl (C=O) groups is 2. The Morgan fingerprint density at radius 1 is 0.923 bits per heavy atom. The number of ketones is 2. The fourth-order valence-electron chi connectivity index (χ4n) is 1.92. The summed E-state index contributed by atoms with van der Waals surface area (Å²) in [7, 11) is 0. The first-order valence-electron chi connectivity index (χ1n) is 4.68. The van der Waals surface area contributed by atoms with Gasteiger partial charge in [-0.05, 0) is 6.42 Å². The van der Waals surface area contributed by atoms with Gasteiger partial charge in [-0.25, -0.2) is 0 Å². The highest BCUT2D eigenvalue weighted by atomic mass is 16.1. The molecule has 0 amide bonds. The number of fused-ring (bicyclic) bond motifs is 2. The van der Waals surface area contributed by atoms with Crippen molar-refractivity contribution >= 4 is 11.6 Å². The van der Waals surface area contributed by atoms with Gasteiger partial charge in [-0.1, -0.05) is 24.3 Å². The number of hydrogen-bond acceptors (Lipinski definition) is 2. The highest BCUT2D eigenvalue weighted by molar-refractivity contribution is 5.92. The largest absolute Gasteiger partial charge is 0.299 e. The molecule has 2 atom stereocenters. The third-order valence-electron chi connectivity index (χ3n) is 2.75. The second-order valence-electron chi connectivity index (χ2n) is 3.65. The van der Waals surface area contributed by atoms with Crippen molar-refractivity contribution in [2.75, 3.05) is 0 Å². The first-order chi connectivity index (χ1) is 6.27. The summed E-state index contributed by atoms with van der Waals surface area (Å²) in [5.74, 6) is 0.393. The molecule has 0 N–H and O–H groups in total. The van der Waals surface area contributed by atoms with E-state index in [9.17, 15) is 9.59 Å². The fourth-order valence-corrected chi connectivity index (χ4v) is 1.92. The normalized spacial score (nSPS) is 32.9. The van der Waals surface area contributed by atoms with Crippen molar-refractivity contribution in [3.8, 4) is 0 Å². The maximum atomic E-state index is 11.5. The van der Waals surface area contributed by atoms with E-state index in [1.54, 1.807) is 0 Å². The van der Waals surface area contributed by atoms with Gasteiger partial charge < -0.3 is 0 Å². The van der Waals surface area contributed by atoms with E-state index in [4.69, 9.17) is 0 Å². The second kappa shape index (κ2) is 3.29. The van der Waals surface area contributed by atoms with Gasteiger partial charge in [0, 0.05) is 24.7 Å². The average molecular weight is 176 g/mol. The summed E-state index contributed by atoms with van der Waals surface area (Å²) in [5, 5.41) is 0. The minimum atomic E-state index is -0.0218. The zero-order valence-electron chi connectivity index (χ0n) is 7.40. The highest BCUT2D eigenvalue weighted by Gasteiger charge is 2.29. The quantitative estimate of drug-likeness (QED) is 0.562. The summed E-state index contributed by atoms with van der Waals surface area (Å²) < 4.78 is 0. The van der Waals surface area contributed by atoms with Crippen molar-refractivity contribution in [3.05, 3.63) is 24.3 Å². The molecule has 0 aromatic rings. The van der Waals surface area contributed by atoms with Crippen molar-refractivity contribution in [2.24, 2.45) is 11.8 Å². The Bertz CT molecular complexity index is 269. The summed E-state index contributed by atoms with van der Waals surface area (Å²) >= 11 is 0. The van der Waals surface area contributed by atoms with Crippen molar-refractivity contribution in [1.82, 2.24) is 0 Å². The fraction of sp³-hybridized carbons (Fsp3) is 0.455. The third-order valence-corrected chi connectivity index (χ3v) is 2.75. The lowest BCUT2D eigenvalue weighted by Gasteiger charge is -2.09. The van der Waals surface area contributed by atoms with E-state index >= 15 is 0 Å².